The molecule has 0 spiro atoms. The van der Waals surface area contributed by atoms with Gasteiger partial charge < -0.3 is 20.2 Å². The van der Waals surface area contributed by atoms with E-state index in [1.165, 1.54) is 0 Å². The lowest BCUT2D eigenvalue weighted by Crippen LogP contribution is -2.26. The van der Waals surface area contributed by atoms with Crippen molar-refractivity contribution in [2.75, 3.05) is 38.9 Å². The Hall–Kier alpha value is -1.77. The van der Waals surface area contributed by atoms with Crippen molar-refractivity contribution >= 4 is 11.7 Å². The summed E-state index contributed by atoms with van der Waals surface area (Å²) < 4.78 is 10.2. The molecule has 1 aromatic rings. The number of ether oxygens (including phenoxy) is 2. The number of hydrogen-bond acceptors (Lipinski definition) is 7. The van der Waals surface area contributed by atoms with Gasteiger partial charge in [0.15, 0.2) is 11.5 Å². The fourth-order valence-corrected chi connectivity index (χ4v) is 1.40. The normalized spacial score (nSPS) is 10.3. The molecule has 0 bridgehead atoms. The molecule has 0 fully saturated rings. The molecule has 4 N–H and O–H groups in total. The van der Waals surface area contributed by atoms with Crippen molar-refractivity contribution in [2.45, 2.75) is 12.8 Å². The van der Waals surface area contributed by atoms with Gasteiger partial charge in [0.2, 0.25) is 0 Å². The predicted octanol–water partition coefficient (Wildman–Crippen LogP) is -0.0648. The minimum atomic E-state index is -0.249. The van der Waals surface area contributed by atoms with E-state index >= 15 is 0 Å². The van der Waals surface area contributed by atoms with Gasteiger partial charge in [-0.15, -0.1) is 10.2 Å². The van der Waals surface area contributed by atoms with Crippen molar-refractivity contribution in [3.8, 4) is 0 Å². The van der Waals surface area contributed by atoms with Gasteiger partial charge >= 0.3 is 0 Å². The van der Waals surface area contributed by atoms with Gasteiger partial charge in [0.05, 0.1) is 13.2 Å². The molecule has 0 unspecified atom stereocenters. The molecule has 8 nitrogen and oxygen atoms in total. The van der Waals surface area contributed by atoms with Gasteiger partial charge in [-0.05, 0) is 25.0 Å². The van der Waals surface area contributed by atoms with Crippen LogP contribution in [0.25, 0.3) is 0 Å². The van der Waals surface area contributed by atoms with Crippen molar-refractivity contribution in [2.24, 2.45) is 5.84 Å². The van der Waals surface area contributed by atoms with Crippen LogP contribution in [-0.4, -0.2) is 49.6 Å². The minimum Gasteiger partial charge on any atom is -0.382 e. The van der Waals surface area contributed by atoms with Crippen LogP contribution in [0, 0.1) is 0 Å². The molecule has 112 valence electrons. The van der Waals surface area contributed by atoms with Gasteiger partial charge in [0.1, 0.15) is 0 Å². The first-order chi connectivity index (χ1) is 9.77. The summed E-state index contributed by atoms with van der Waals surface area (Å²) in [5.74, 6) is 5.32. The highest BCUT2D eigenvalue weighted by molar-refractivity contribution is 5.92. The molecule has 0 saturated heterocycles. The number of methoxy groups -OCH3 is 1. The Morgan fingerprint density at radius 2 is 2.10 bits per heavy atom. The smallest absolute Gasteiger partial charge is 0.271 e. The first-order valence-corrected chi connectivity index (χ1v) is 6.43. The maximum absolute atomic E-state index is 11.7. The van der Waals surface area contributed by atoms with Crippen molar-refractivity contribution in [1.82, 2.24) is 15.5 Å². The van der Waals surface area contributed by atoms with E-state index in [-0.39, 0.29) is 11.6 Å². The lowest BCUT2D eigenvalue weighted by molar-refractivity contribution is 0.0686. The Bertz CT molecular complexity index is 385. The molecule has 1 heterocycles. The zero-order chi connectivity index (χ0) is 14.6. The number of amides is 1. The van der Waals surface area contributed by atoms with Crippen LogP contribution in [0.2, 0.25) is 0 Å². The molecule has 0 atom stereocenters. The minimum absolute atomic E-state index is 0.249. The van der Waals surface area contributed by atoms with Gasteiger partial charge in [0.25, 0.3) is 5.91 Å². The second kappa shape index (κ2) is 10.1. The molecule has 20 heavy (non-hydrogen) atoms. The highest BCUT2D eigenvalue weighted by Crippen LogP contribution is 1.99. The molecule has 0 aliphatic carbocycles. The summed E-state index contributed by atoms with van der Waals surface area (Å²) in [4.78, 5) is 11.7. The number of nitrogens with zero attached hydrogens (tertiary/aromatic N) is 2. The number of hydrazine groups is 1. The third-order valence-corrected chi connectivity index (χ3v) is 2.48. The third kappa shape index (κ3) is 6.41. The van der Waals surface area contributed by atoms with Crippen LogP contribution in [0.4, 0.5) is 5.82 Å². The highest BCUT2D eigenvalue weighted by Gasteiger charge is 2.06. The van der Waals surface area contributed by atoms with Crippen LogP contribution < -0.4 is 16.6 Å². The first kappa shape index (κ1) is 16.3. The quantitative estimate of drug-likeness (QED) is 0.313. The molecular weight excluding hydrogens is 262 g/mol. The Balaban J connectivity index is 2.10. The van der Waals surface area contributed by atoms with Crippen LogP contribution in [0.3, 0.4) is 0 Å². The topological polar surface area (TPSA) is 111 Å². The molecule has 0 aromatic carbocycles. The lowest BCUT2D eigenvalue weighted by Gasteiger charge is -2.05. The summed E-state index contributed by atoms with van der Waals surface area (Å²) in [5, 5.41) is 10.2. The van der Waals surface area contributed by atoms with E-state index < -0.39 is 0 Å². The van der Waals surface area contributed by atoms with E-state index in [0.29, 0.717) is 32.2 Å². The maximum Gasteiger partial charge on any atom is 0.271 e. The van der Waals surface area contributed by atoms with E-state index in [9.17, 15) is 4.79 Å². The van der Waals surface area contributed by atoms with Crippen LogP contribution >= 0.6 is 0 Å². The van der Waals surface area contributed by atoms with Crippen LogP contribution in [0.5, 0.6) is 0 Å². The number of nitrogen functional groups attached to an aromatic ring is 1. The Kier molecular flexibility index (Phi) is 8.20. The number of hydrogen-bond donors (Lipinski definition) is 3. The van der Waals surface area contributed by atoms with Crippen molar-refractivity contribution in [3.05, 3.63) is 17.8 Å². The SMILES string of the molecule is COCCOCCCCNC(=O)c1ccc(NN)nn1. The Labute approximate surface area is 118 Å². The van der Waals surface area contributed by atoms with E-state index in [4.69, 9.17) is 15.3 Å². The fourth-order valence-electron chi connectivity index (χ4n) is 1.40. The number of aromatic nitrogens is 2. The monoisotopic (exact) mass is 283 g/mol. The van der Waals surface area contributed by atoms with Gasteiger partial charge in [-0.3, -0.25) is 4.79 Å². The predicted molar refractivity (Wildman–Crippen MR) is 74.1 cm³/mol. The molecule has 1 amide bonds. The molecule has 1 rings (SSSR count). The van der Waals surface area contributed by atoms with Gasteiger partial charge in [-0.2, -0.15) is 0 Å². The van der Waals surface area contributed by atoms with Gasteiger partial charge in [0, 0.05) is 20.3 Å². The molecule has 1 aromatic heterocycles. The Morgan fingerprint density at radius 3 is 2.75 bits per heavy atom. The first-order valence-electron chi connectivity index (χ1n) is 6.43. The van der Waals surface area contributed by atoms with Crippen LogP contribution in [0.1, 0.15) is 23.3 Å². The summed E-state index contributed by atoms with van der Waals surface area (Å²) in [6.45, 7) is 2.43. The van der Waals surface area contributed by atoms with Crippen molar-refractivity contribution in [1.29, 1.82) is 0 Å². The summed E-state index contributed by atoms with van der Waals surface area (Å²) in [7, 11) is 1.64. The van der Waals surface area contributed by atoms with E-state index in [0.717, 1.165) is 12.8 Å². The molecule has 0 aliphatic heterocycles. The maximum atomic E-state index is 11.7. The third-order valence-electron chi connectivity index (χ3n) is 2.48. The summed E-state index contributed by atoms with van der Waals surface area (Å²) >= 11 is 0. The summed E-state index contributed by atoms with van der Waals surface area (Å²) in [6.07, 6.45) is 1.72. The zero-order valence-electron chi connectivity index (χ0n) is 11.6. The second-order valence-corrected chi connectivity index (χ2v) is 4.02. The molecule has 8 heteroatoms. The molecule has 0 aliphatic rings. The van der Waals surface area contributed by atoms with Gasteiger partial charge in [-0.1, -0.05) is 0 Å². The summed E-state index contributed by atoms with van der Waals surface area (Å²) in [5.41, 5.74) is 2.61. The second-order valence-electron chi connectivity index (χ2n) is 4.02. The Morgan fingerprint density at radius 1 is 1.25 bits per heavy atom. The molecular formula is C12H21N5O3. The number of rotatable bonds is 10. The van der Waals surface area contributed by atoms with Crippen LogP contribution in [0.15, 0.2) is 12.1 Å². The highest BCUT2D eigenvalue weighted by atomic mass is 16.5. The van der Waals surface area contributed by atoms with E-state index in [1.807, 2.05) is 0 Å². The number of unbranched alkanes of at least 4 members (excludes halogenated alkanes) is 1. The van der Waals surface area contributed by atoms with Crippen molar-refractivity contribution in [3.63, 3.8) is 0 Å². The lowest BCUT2D eigenvalue weighted by atomic mass is 10.3. The van der Waals surface area contributed by atoms with Crippen LogP contribution in [-0.2, 0) is 9.47 Å². The average molecular weight is 283 g/mol. The van der Waals surface area contributed by atoms with E-state index in [1.54, 1.807) is 19.2 Å². The van der Waals surface area contributed by atoms with Crippen molar-refractivity contribution < 1.29 is 14.3 Å². The zero-order valence-corrected chi connectivity index (χ0v) is 11.6. The fraction of sp³-hybridized carbons (Fsp3) is 0.583. The number of nitrogens with one attached hydrogen (secondary N) is 2. The number of anilines is 1. The van der Waals surface area contributed by atoms with E-state index in [2.05, 4.69) is 20.9 Å². The molecule has 0 saturated carbocycles. The standard InChI is InChI=1S/C12H21N5O3/c1-19-8-9-20-7-3-2-6-14-12(18)10-4-5-11(15-13)17-16-10/h4-5H,2-3,6-9,13H2,1H3,(H,14,18)(H,15,17). The molecule has 0 radical (unpaired) electrons. The number of nitrogens with two attached hydrogens (primary N) is 1. The number of carbonyl (C=O) groups excluding carboxylic acids is 1. The number of carbonyl (C=O) groups is 1. The summed E-state index contributed by atoms with van der Waals surface area (Å²) in [6, 6.07) is 3.15. The largest absolute Gasteiger partial charge is 0.382 e. The van der Waals surface area contributed by atoms with Gasteiger partial charge in [-0.25, -0.2) is 5.84 Å². The average Bonchev–Trinajstić information content (AvgIpc) is 2.50.